The van der Waals surface area contributed by atoms with Gasteiger partial charge in [-0.15, -0.1) is 0 Å². The van der Waals surface area contributed by atoms with Gasteiger partial charge in [-0.3, -0.25) is 0 Å². The highest BCUT2D eigenvalue weighted by atomic mass is 16.6. The molecule has 0 unspecified atom stereocenters. The molecule has 270 valence electrons. The van der Waals surface area contributed by atoms with E-state index < -0.39 is 0 Å². The number of allylic oxidation sites excluding steroid dienone is 1. The van der Waals surface area contributed by atoms with Gasteiger partial charge in [0.15, 0.2) is 11.2 Å². The predicted octanol–water partition coefficient (Wildman–Crippen LogP) is 8.10. The number of nitrogens with zero attached hydrogens (tertiary/aromatic N) is 2. The summed E-state index contributed by atoms with van der Waals surface area (Å²) < 4.78 is 47.3. The number of rotatable bonds is 0. The van der Waals surface area contributed by atoms with E-state index in [0.717, 1.165) is 61.2 Å². The summed E-state index contributed by atoms with van der Waals surface area (Å²) in [5.74, 6) is 2.50. The molecule has 8 bridgehead atoms. The highest BCUT2D eigenvalue weighted by molar-refractivity contribution is 5.82. The Hall–Kier alpha value is -5.00. The van der Waals surface area contributed by atoms with E-state index in [0.29, 0.717) is 102 Å². The standard InChI is InChI=1S/C42H44N2O8/c1-28-20-33-22-29(2)24-37-39(33)51-41(43-37)31-6-4-8-35(26-31)49-18-16-47-14-12-45-10-11-46-13-15-48-17-19-50-36-9-5-7-32(27-36)42-44-38-25-30(3)23-34(21-28)40(38)52-42/h4-9,22-27H,1,10-21H2,2-3H3. The lowest BCUT2D eigenvalue weighted by atomic mass is 9.97. The van der Waals surface area contributed by atoms with Crippen molar-refractivity contribution in [3.8, 4) is 34.4 Å². The Balaban J connectivity index is 1.13. The van der Waals surface area contributed by atoms with Crippen molar-refractivity contribution in [3.05, 3.63) is 107 Å². The fourth-order valence-corrected chi connectivity index (χ4v) is 6.26. The van der Waals surface area contributed by atoms with Gasteiger partial charge >= 0.3 is 0 Å². The number of oxazole rings is 2. The third kappa shape index (κ3) is 9.07. The van der Waals surface area contributed by atoms with E-state index in [1.54, 1.807) is 0 Å². The van der Waals surface area contributed by atoms with E-state index in [1.165, 1.54) is 0 Å². The lowest BCUT2D eigenvalue weighted by molar-refractivity contribution is -0.00698. The minimum atomic E-state index is 0.408. The zero-order chi connectivity index (χ0) is 35.7. The van der Waals surface area contributed by atoms with Crippen LogP contribution in [0.2, 0.25) is 0 Å². The van der Waals surface area contributed by atoms with Gasteiger partial charge in [-0.1, -0.05) is 36.4 Å². The Morgan fingerprint density at radius 3 is 1.33 bits per heavy atom. The first-order valence-electron chi connectivity index (χ1n) is 17.7. The lowest BCUT2D eigenvalue weighted by Crippen LogP contribution is -2.14. The second kappa shape index (κ2) is 17.0. The Bertz CT molecular complexity index is 1980. The van der Waals surface area contributed by atoms with Crippen molar-refractivity contribution in [2.75, 3.05) is 66.1 Å². The molecule has 10 nitrogen and oxygen atoms in total. The summed E-state index contributed by atoms with van der Waals surface area (Å²) in [6.07, 6.45) is 1.24. The molecule has 0 spiro atoms. The third-order valence-electron chi connectivity index (χ3n) is 8.57. The van der Waals surface area contributed by atoms with Crippen LogP contribution in [0.4, 0.5) is 0 Å². The van der Waals surface area contributed by atoms with Crippen LogP contribution >= 0.6 is 0 Å². The van der Waals surface area contributed by atoms with Gasteiger partial charge in [0, 0.05) is 22.3 Å². The van der Waals surface area contributed by atoms with Crippen molar-refractivity contribution < 1.29 is 37.3 Å². The second-order valence-corrected chi connectivity index (χ2v) is 12.9. The molecule has 0 N–H and O–H groups in total. The van der Waals surface area contributed by atoms with E-state index in [4.69, 9.17) is 47.2 Å². The summed E-state index contributed by atoms with van der Waals surface area (Å²) >= 11 is 0. The molecule has 0 saturated heterocycles. The topological polar surface area (TPSA) is 107 Å². The molecule has 3 heterocycles. The largest absolute Gasteiger partial charge is 0.491 e. The van der Waals surface area contributed by atoms with E-state index in [9.17, 15) is 0 Å². The first-order chi connectivity index (χ1) is 25.5. The Labute approximate surface area is 303 Å². The summed E-state index contributed by atoms with van der Waals surface area (Å²) in [4.78, 5) is 9.73. The minimum Gasteiger partial charge on any atom is -0.491 e. The zero-order valence-electron chi connectivity index (χ0n) is 29.8. The van der Waals surface area contributed by atoms with Crippen molar-refractivity contribution >= 4 is 22.2 Å². The molecular formula is C42H44N2O8. The predicted molar refractivity (Wildman–Crippen MR) is 199 cm³/mol. The van der Waals surface area contributed by atoms with Gasteiger partial charge in [0.1, 0.15) is 35.7 Å². The normalized spacial score (nSPS) is 16.2. The summed E-state index contributed by atoms with van der Waals surface area (Å²) in [6.45, 7) is 13.2. The Morgan fingerprint density at radius 2 is 0.904 bits per heavy atom. The van der Waals surface area contributed by atoms with Gasteiger partial charge in [0.05, 0.1) is 52.9 Å². The van der Waals surface area contributed by atoms with Gasteiger partial charge in [-0.25, -0.2) is 9.97 Å². The number of fused-ring (bicyclic) bond motifs is 8. The molecule has 6 aromatic rings. The van der Waals surface area contributed by atoms with Crippen LogP contribution in [0.25, 0.3) is 45.1 Å². The van der Waals surface area contributed by atoms with Crippen molar-refractivity contribution in [1.29, 1.82) is 0 Å². The zero-order valence-corrected chi connectivity index (χ0v) is 29.8. The fourth-order valence-electron chi connectivity index (χ4n) is 6.26. The molecule has 0 fully saturated rings. The molecule has 1 aliphatic heterocycles. The van der Waals surface area contributed by atoms with Crippen molar-refractivity contribution in [3.63, 3.8) is 0 Å². The molecule has 52 heavy (non-hydrogen) atoms. The molecule has 0 atom stereocenters. The van der Waals surface area contributed by atoms with Crippen LogP contribution in [0.15, 0.2) is 93.8 Å². The molecule has 1 aliphatic rings. The number of ether oxygens (including phenoxy) is 6. The van der Waals surface area contributed by atoms with Crippen LogP contribution in [0.3, 0.4) is 0 Å². The van der Waals surface area contributed by atoms with Gasteiger partial charge in [-0.05, 0) is 86.3 Å². The molecule has 10 heteroatoms. The van der Waals surface area contributed by atoms with E-state index >= 15 is 0 Å². The number of aryl methyl sites for hydroxylation is 2. The molecule has 2 aromatic heterocycles. The third-order valence-corrected chi connectivity index (χ3v) is 8.57. The maximum atomic E-state index is 6.43. The summed E-state index contributed by atoms with van der Waals surface area (Å²) in [6, 6.07) is 23.9. The first-order valence-corrected chi connectivity index (χ1v) is 17.7. The molecule has 0 amide bonds. The molecule has 0 radical (unpaired) electrons. The number of benzene rings is 4. The summed E-state index contributed by atoms with van der Waals surface area (Å²) in [5.41, 5.74) is 10.1. The van der Waals surface area contributed by atoms with E-state index in [1.807, 2.05) is 60.7 Å². The average molecular weight is 705 g/mol. The SMILES string of the molecule is C=C1Cc2cc(C)cc3nc(oc23)-c2cccc(c2)OCCOCCOCCOCCOCCOc2cccc(c2)-c2nc3cc(C)cc(c3o2)C1. The number of hydrogen-bond acceptors (Lipinski definition) is 10. The van der Waals surface area contributed by atoms with Gasteiger partial charge in [0.25, 0.3) is 0 Å². The molecular weight excluding hydrogens is 660 g/mol. The monoisotopic (exact) mass is 704 g/mol. The number of aromatic nitrogens is 2. The average Bonchev–Trinajstić information content (AvgIpc) is 3.76. The molecule has 0 aliphatic carbocycles. The maximum absolute atomic E-state index is 6.43. The van der Waals surface area contributed by atoms with Crippen LogP contribution in [0.5, 0.6) is 11.5 Å². The van der Waals surface area contributed by atoms with Gasteiger partial charge in [0.2, 0.25) is 11.8 Å². The van der Waals surface area contributed by atoms with E-state index in [-0.39, 0.29) is 0 Å². The van der Waals surface area contributed by atoms with Gasteiger partial charge < -0.3 is 37.3 Å². The van der Waals surface area contributed by atoms with Crippen LogP contribution in [0.1, 0.15) is 22.3 Å². The second-order valence-electron chi connectivity index (χ2n) is 12.9. The highest BCUT2D eigenvalue weighted by Gasteiger charge is 2.17. The maximum Gasteiger partial charge on any atom is 0.227 e. The van der Waals surface area contributed by atoms with Crippen molar-refractivity contribution in [1.82, 2.24) is 9.97 Å². The fraction of sp³-hybridized carbons (Fsp3) is 0.333. The van der Waals surface area contributed by atoms with Crippen LogP contribution in [-0.2, 0) is 31.8 Å². The number of hydrogen-bond donors (Lipinski definition) is 0. The smallest absolute Gasteiger partial charge is 0.227 e. The summed E-state index contributed by atoms with van der Waals surface area (Å²) in [7, 11) is 0. The van der Waals surface area contributed by atoms with Crippen LogP contribution in [-0.4, -0.2) is 76.0 Å². The highest BCUT2D eigenvalue weighted by Crippen LogP contribution is 2.33. The Kier molecular flexibility index (Phi) is 11.6. The minimum absolute atomic E-state index is 0.408. The van der Waals surface area contributed by atoms with Crippen molar-refractivity contribution in [2.24, 2.45) is 0 Å². The first kappa shape index (κ1) is 35.4. The molecule has 0 saturated carbocycles. The molecule has 4 aromatic carbocycles. The quantitative estimate of drug-likeness (QED) is 0.144. The lowest BCUT2D eigenvalue weighted by Gasteiger charge is -2.09. The van der Waals surface area contributed by atoms with Gasteiger partial charge in [-0.2, -0.15) is 0 Å². The summed E-state index contributed by atoms with van der Waals surface area (Å²) in [5, 5.41) is 0. The molecule has 7 rings (SSSR count). The van der Waals surface area contributed by atoms with Crippen LogP contribution < -0.4 is 9.47 Å². The van der Waals surface area contributed by atoms with Crippen molar-refractivity contribution in [2.45, 2.75) is 26.7 Å². The van der Waals surface area contributed by atoms with E-state index in [2.05, 4.69) is 32.6 Å². The van der Waals surface area contributed by atoms with Crippen LogP contribution in [0, 0.1) is 13.8 Å². The Morgan fingerprint density at radius 1 is 0.500 bits per heavy atom.